The molecule has 154 valence electrons. The number of aryl methyl sites for hydroxylation is 1. The molecule has 0 saturated heterocycles. The number of carbonyl (C=O) groups is 2. The molecule has 0 saturated carbocycles. The minimum absolute atomic E-state index is 0.250. The fourth-order valence-electron chi connectivity index (χ4n) is 2.79. The number of nitrogens with one attached hydrogen (secondary N) is 2. The lowest BCUT2D eigenvalue weighted by Gasteiger charge is -2.09. The van der Waals surface area contributed by atoms with Crippen LogP contribution in [0.15, 0.2) is 73.1 Å². The summed E-state index contributed by atoms with van der Waals surface area (Å²) in [6.07, 6.45) is 4.60. The number of nitrogens with zero attached hydrogens (tertiary/aromatic N) is 1. The van der Waals surface area contributed by atoms with E-state index in [1.54, 1.807) is 60.9 Å². The van der Waals surface area contributed by atoms with Crippen molar-refractivity contribution >= 4 is 23.4 Å². The van der Waals surface area contributed by atoms with Gasteiger partial charge in [0.25, 0.3) is 5.91 Å². The summed E-state index contributed by atoms with van der Waals surface area (Å²) in [7, 11) is 0. The number of nitrogen functional groups attached to an aromatic ring is 1. The molecule has 0 radical (unpaired) electrons. The number of aromatic nitrogens is 1. The topological polar surface area (TPSA) is 106 Å². The van der Waals surface area contributed by atoms with Gasteiger partial charge in [0.15, 0.2) is 0 Å². The van der Waals surface area contributed by atoms with E-state index in [0.717, 1.165) is 24.0 Å². The zero-order valence-electron chi connectivity index (χ0n) is 16.5. The van der Waals surface area contributed by atoms with Crippen LogP contribution in [0.5, 0.6) is 0 Å². The van der Waals surface area contributed by atoms with Crippen molar-refractivity contribution in [3.05, 3.63) is 89.7 Å². The number of hydrogen-bond acceptors (Lipinski definition) is 5. The highest BCUT2D eigenvalue weighted by molar-refractivity contribution is 6.05. The summed E-state index contributed by atoms with van der Waals surface area (Å²) in [4.78, 5) is 28.2. The molecule has 0 unspecified atom stereocenters. The highest BCUT2D eigenvalue weighted by atomic mass is 16.5. The molecule has 2 amide bonds. The summed E-state index contributed by atoms with van der Waals surface area (Å²) in [5.74, 6) is -0.250. The molecule has 7 nitrogen and oxygen atoms in total. The molecule has 1 heterocycles. The Hall–Kier alpha value is -3.87. The van der Waals surface area contributed by atoms with Crippen molar-refractivity contribution in [3.63, 3.8) is 0 Å². The van der Waals surface area contributed by atoms with Crippen LogP contribution in [0.25, 0.3) is 0 Å². The molecule has 2 aromatic carbocycles. The summed E-state index contributed by atoms with van der Waals surface area (Å²) >= 11 is 0. The first kappa shape index (κ1) is 20.9. The van der Waals surface area contributed by atoms with Crippen LogP contribution in [0, 0.1) is 0 Å². The first-order valence-corrected chi connectivity index (χ1v) is 9.66. The van der Waals surface area contributed by atoms with Crippen molar-refractivity contribution < 1.29 is 14.3 Å². The van der Waals surface area contributed by atoms with Crippen molar-refractivity contribution in [2.45, 2.75) is 19.4 Å². The number of carbonyl (C=O) groups excluding carboxylic acids is 2. The molecule has 0 aliphatic heterocycles. The minimum Gasteiger partial charge on any atom is -0.450 e. The highest BCUT2D eigenvalue weighted by Gasteiger charge is 2.08. The molecule has 3 aromatic rings. The third-order valence-corrected chi connectivity index (χ3v) is 4.43. The fourth-order valence-corrected chi connectivity index (χ4v) is 2.79. The molecule has 0 spiro atoms. The van der Waals surface area contributed by atoms with Gasteiger partial charge >= 0.3 is 6.09 Å². The van der Waals surface area contributed by atoms with Crippen LogP contribution >= 0.6 is 0 Å². The van der Waals surface area contributed by atoms with E-state index >= 15 is 0 Å². The highest BCUT2D eigenvalue weighted by Crippen LogP contribution is 2.18. The lowest BCUT2D eigenvalue weighted by Crippen LogP contribution is -2.24. The first-order chi connectivity index (χ1) is 14.6. The van der Waals surface area contributed by atoms with Crippen molar-refractivity contribution in [2.75, 3.05) is 17.7 Å². The average Bonchev–Trinajstić information content (AvgIpc) is 2.78. The van der Waals surface area contributed by atoms with Crippen molar-refractivity contribution in [1.82, 2.24) is 10.3 Å². The van der Waals surface area contributed by atoms with Crippen LogP contribution in [0.3, 0.4) is 0 Å². The molecule has 7 heteroatoms. The van der Waals surface area contributed by atoms with Gasteiger partial charge in [-0.25, -0.2) is 4.79 Å². The predicted octanol–water partition coefficient (Wildman–Crippen LogP) is 3.78. The fraction of sp³-hybridized carbons (Fsp3) is 0.174. The number of alkyl carbamates (subject to hydrolysis) is 1. The Labute approximate surface area is 175 Å². The maximum atomic E-state index is 12.3. The number of anilines is 2. The smallest absolute Gasteiger partial charge is 0.407 e. The third kappa shape index (κ3) is 6.34. The van der Waals surface area contributed by atoms with Gasteiger partial charge in [-0.1, -0.05) is 30.3 Å². The van der Waals surface area contributed by atoms with Crippen LogP contribution in [-0.4, -0.2) is 23.6 Å². The lowest BCUT2D eigenvalue weighted by atomic mass is 10.1. The molecular formula is C23H24N4O3. The second-order valence-electron chi connectivity index (χ2n) is 6.69. The molecule has 0 aliphatic carbocycles. The quantitative estimate of drug-likeness (QED) is 0.391. The number of benzene rings is 2. The molecule has 0 atom stereocenters. The van der Waals surface area contributed by atoms with Gasteiger partial charge in [0, 0.05) is 24.5 Å². The number of amides is 2. The van der Waals surface area contributed by atoms with Gasteiger partial charge < -0.3 is 21.1 Å². The standard InChI is InChI=1S/C23H24N4O3/c24-20-7-1-2-8-21(20)27-22(28)19-11-9-18(10-12-19)16-26-23(29)30-14-4-6-17-5-3-13-25-15-17/h1-3,5,7-13,15H,4,6,14,16,24H2,(H,26,29)(H,27,28). The monoisotopic (exact) mass is 404 g/mol. The van der Waals surface area contributed by atoms with Crippen molar-refractivity contribution in [2.24, 2.45) is 0 Å². The summed E-state index contributed by atoms with van der Waals surface area (Å²) < 4.78 is 5.18. The number of hydrogen-bond donors (Lipinski definition) is 3. The Morgan fingerprint density at radius 2 is 1.77 bits per heavy atom. The average molecular weight is 404 g/mol. The van der Waals surface area contributed by atoms with Gasteiger partial charge in [-0.15, -0.1) is 0 Å². The zero-order valence-corrected chi connectivity index (χ0v) is 16.5. The molecular weight excluding hydrogens is 380 g/mol. The van der Waals surface area contributed by atoms with Crippen molar-refractivity contribution in [3.8, 4) is 0 Å². The SMILES string of the molecule is Nc1ccccc1NC(=O)c1ccc(CNC(=O)OCCCc2cccnc2)cc1. The Kier molecular flexibility index (Phi) is 7.38. The normalized spacial score (nSPS) is 10.3. The van der Waals surface area contributed by atoms with Gasteiger partial charge in [0.1, 0.15) is 0 Å². The van der Waals surface area contributed by atoms with Crippen LogP contribution < -0.4 is 16.4 Å². The molecule has 0 fully saturated rings. The van der Waals surface area contributed by atoms with Crippen molar-refractivity contribution in [1.29, 1.82) is 0 Å². The maximum Gasteiger partial charge on any atom is 0.407 e. The van der Waals surface area contributed by atoms with Gasteiger partial charge in [-0.3, -0.25) is 9.78 Å². The minimum atomic E-state index is -0.470. The van der Waals surface area contributed by atoms with Gasteiger partial charge in [0.05, 0.1) is 18.0 Å². The Balaban J connectivity index is 1.39. The zero-order chi connectivity index (χ0) is 21.2. The van der Waals surface area contributed by atoms with Crippen LogP contribution in [0.4, 0.5) is 16.2 Å². The number of nitrogens with two attached hydrogens (primary N) is 1. The summed E-state index contributed by atoms with van der Waals surface area (Å²) in [6, 6.07) is 17.9. The number of ether oxygens (including phenoxy) is 1. The molecule has 0 aliphatic rings. The van der Waals surface area contributed by atoms with Crippen LogP contribution in [-0.2, 0) is 17.7 Å². The second kappa shape index (κ2) is 10.6. The van der Waals surface area contributed by atoms with Gasteiger partial charge in [0.2, 0.25) is 0 Å². The van der Waals surface area contributed by atoms with E-state index in [4.69, 9.17) is 10.5 Å². The first-order valence-electron chi connectivity index (χ1n) is 9.66. The van der Waals surface area contributed by atoms with E-state index in [9.17, 15) is 9.59 Å². The lowest BCUT2D eigenvalue weighted by molar-refractivity contribution is 0.102. The number of pyridine rings is 1. The second-order valence-corrected chi connectivity index (χ2v) is 6.69. The Morgan fingerprint density at radius 1 is 0.967 bits per heavy atom. The molecule has 30 heavy (non-hydrogen) atoms. The van der Waals surface area contributed by atoms with Gasteiger partial charge in [-0.2, -0.15) is 0 Å². The predicted molar refractivity (Wildman–Crippen MR) is 116 cm³/mol. The van der Waals surface area contributed by atoms with E-state index < -0.39 is 6.09 Å². The van der Waals surface area contributed by atoms with E-state index in [2.05, 4.69) is 15.6 Å². The third-order valence-electron chi connectivity index (χ3n) is 4.43. The summed E-state index contributed by atoms with van der Waals surface area (Å²) in [5, 5.41) is 5.48. The molecule has 3 rings (SSSR count). The van der Waals surface area contributed by atoms with Gasteiger partial charge in [-0.05, 0) is 54.3 Å². The maximum absolute atomic E-state index is 12.3. The summed E-state index contributed by atoms with van der Waals surface area (Å²) in [5.41, 5.74) is 9.39. The number of rotatable bonds is 8. The van der Waals surface area contributed by atoms with E-state index in [1.807, 2.05) is 12.1 Å². The van der Waals surface area contributed by atoms with E-state index in [0.29, 0.717) is 30.1 Å². The van der Waals surface area contributed by atoms with E-state index in [-0.39, 0.29) is 5.91 Å². The van der Waals surface area contributed by atoms with Crippen LogP contribution in [0.1, 0.15) is 27.9 Å². The molecule has 4 N–H and O–H groups in total. The Bertz CT molecular complexity index is 975. The summed E-state index contributed by atoms with van der Waals surface area (Å²) in [6.45, 7) is 0.650. The number of para-hydroxylation sites is 2. The molecule has 0 bridgehead atoms. The largest absolute Gasteiger partial charge is 0.450 e. The molecule has 1 aromatic heterocycles. The van der Waals surface area contributed by atoms with E-state index in [1.165, 1.54) is 0 Å². The Morgan fingerprint density at radius 3 is 2.50 bits per heavy atom. The van der Waals surface area contributed by atoms with Crippen LogP contribution in [0.2, 0.25) is 0 Å².